The Kier molecular flexibility index (Phi) is 6.83. The number of carbonyl (C=O) groups is 3. The van der Waals surface area contributed by atoms with Gasteiger partial charge >= 0.3 is 5.97 Å². The van der Waals surface area contributed by atoms with Gasteiger partial charge in [-0.25, -0.2) is 9.79 Å². The van der Waals surface area contributed by atoms with Crippen molar-refractivity contribution in [1.82, 2.24) is 15.5 Å². The van der Waals surface area contributed by atoms with Gasteiger partial charge in [-0.05, 0) is 24.3 Å². The molecule has 2 saturated heterocycles. The van der Waals surface area contributed by atoms with Crippen LogP contribution in [0.1, 0.15) is 10.4 Å². The lowest BCUT2D eigenvalue weighted by molar-refractivity contribution is -0.384. The molecule has 0 aromatic heterocycles. The Morgan fingerprint density at radius 2 is 1.71 bits per heavy atom. The second-order valence-electron chi connectivity index (χ2n) is 7.79. The summed E-state index contributed by atoms with van der Waals surface area (Å²) in [5, 5.41) is 12.2. The SMILES string of the molecule is CN1NOC(=O)/C1=C\C(=NC(=O)c1ccccc1)C(=O)N1CCN(c2ccc([N+](=O)[O-])cc2)CC1. The number of nitro benzene ring substituents is 1. The van der Waals surface area contributed by atoms with Gasteiger partial charge in [0.05, 0.1) is 4.92 Å². The molecule has 12 heteroatoms. The third kappa shape index (κ3) is 5.33. The number of carbonyl (C=O) groups excluding carboxylic acids is 3. The number of benzene rings is 2. The Hall–Kier alpha value is -4.58. The average molecular weight is 478 g/mol. The number of aliphatic imine (C=N–C) groups is 1. The number of amides is 2. The van der Waals surface area contributed by atoms with Crippen LogP contribution in [0.2, 0.25) is 0 Å². The fourth-order valence-electron chi connectivity index (χ4n) is 3.64. The number of nitro groups is 1. The highest BCUT2D eigenvalue weighted by Gasteiger charge is 2.30. The molecule has 2 aromatic rings. The lowest BCUT2D eigenvalue weighted by Gasteiger charge is -2.36. The highest BCUT2D eigenvalue weighted by atomic mass is 16.7. The maximum absolute atomic E-state index is 13.3. The number of hydrogen-bond donors (Lipinski definition) is 1. The van der Waals surface area contributed by atoms with Crippen LogP contribution >= 0.6 is 0 Å². The zero-order valence-electron chi connectivity index (χ0n) is 18.8. The Bertz CT molecular complexity index is 1200. The Morgan fingerprint density at radius 1 is 1.06 bits per heavy atom. The van der Waals surface area contributed by atoms with Gasteiger partial charge < -0.3 is 14.6 Å². The van der Waals surface area contributed by atoms with E-state index in [2.05, 4.69) is 10.6 Å². The van der Waals surface area contributed by atoms with Crippen molar-refractivity contribution in [3.05, 3.63) is 82.0 Å². The molecule has 0 saturated carbocycles. The second-order valence-corrected chi connectivity index (χ2v) is 7.79. The molecule has 180 valence electrons. The first-order valence-corrected chi connectivity index (χ1v) is 10.7. The fraction of sp³-hybridized carbons (Fsp3) is 0.217. The van der Waals surface area contributed by atoms with Crippen LogP contribution in [0.3, 0.4) is 0 Å². The standard InChI is InChI=1S/C23H22N6O6/c1-26-20(23(32)35-25-26)15-19(24-21(30)16-5-3-2-4-6-16)22(31)28-13-11-27(12-14-28)17-7-9-18(10-8-17)29(33)34/h2-10,15,25H,11-14H2,1H3/b20-15+,24-19?. The largest absolute Gasteiger partial charge is 0.376 e. The van der Waals surface area contributed by atoms with Crippen molar-refractivity contribution in [1.29, 1.82) is 0 Å². The summed E-state index contributed by atoms with van der Waals surface area (Å²) >= 11 is 0. The first kappa shape index (κ1) is 23.6. The molecule has 12 nitrogen and oxygen atoms in total. The topological polar surface area (TPSA) is 138 Å². The molecule has 0 radical (unpaired) electrons. The fourth-order valence-corrected chi connectivity index (χ4v) is 3.64. The average Bonchev–Trinajstić information content (AvgIpc) is 3.20. The highest BCUT2D eigenvalue weighted by Crippen LogP contribution is 2.21. The molecular formula is C23H22N6O6. The summed E-state index contributed by atoms with van der Waals surface area (Å²) < 4.78 is 0. The van der Waals surface area contributed by atoms with E-state index in [9.17, 15) is 24.5 Å². The van der Waals surface area contributed by atoms with E-state index in [0.717, 1.165) is 5.69 Å². The van der Waals surface area contributed by atoms with E-state index >= 15 is 0 Å². The van der Waals surface area contributed by atoms with Gasteiger partial charge in [0.2, 0.25) is 0 Å². The molecule has 0 spiro atoms. The van der Waals surface area contributed by atoms with Crippen LogP contribution in [0.4, 0.5) is 11.4 Å². The number of nitrogens with zero attached hydrogens (tertiary/aromatic N) is 5. The van der Waals surface area contributed by atoms with Gasteiger partial charge in [-0.3, -0.25) is 24.7 Å². The van der Waals surface area contributed by atoms with Crippen molar-refractivity contribution in [2.75, 3.05) is 38.1 Å². The highest BCUT2D eigenvalue weighted by molar-refractivity contribution is 6.45. The first-order valence-electron chi connectivity index (χ1n) is 10.7. The molecule has 2 amide bonds. The minimum atomic E-state index is -0.705. The van der Waals surface area contributed by atoms with E-state index in [1.165, 1.54) is 30.3 Å². The summed E-state index contributed by atoms with van der Waals surface area (Å²) in [4.78, 5) is 60.8. The van der Waals surface area contributed by atoms with E-state index in [0.29, 0.717) is 31.7 Å². The van der Waals surface area contributed by atoms with Crippen LogP contribution in [0.25, 0.3) is 0 Å². The predicted molar refractivity (Wildman–Crippen MR) is 125 cm³/mol. The monoisotopic (exact) mass is 478 g/mol. The lowest BCUT2D eigenvalue weighted by atomic mass is 10.2. The van der Waals surface area contributed by atoms with Crippen LogP contribution in [-0.4, -0.2) is 71.6 Å². The number of hydrazine groups is 1. The summed E-state index contributed by atoms with van der Waals surface area (Å²) in [6.07, 6.45) is 1.23. The number of nitrogens with one attached hydrogen (secondary N) is 1. The van der Waals surface area contributed by atoms with Crippen molar-refractivity contribution < 1.29 is 24.1 Å². The van der Waals surface area contributed by atoms with Crippen LogP contribution in [0, 0.1) is 10.1 Å². The third-order valence-corrected chi connectivity index (χ3v) is 5.57. The van der Waals surface area contributed by atoms with E-state index in [1.54, 1.807) is 47.4 Å². The number of likely N-dealkylation sites (N-methyl/N-ethyl adjacent to an activating group) is 1. The van der Waals surface area contributed by atoms with Crippen LogP contribution in [0.15, 0.2) is 71.4 Å². The van der Waals surface area contributed by atoms with Gasteiger partial charge in [0, 0.05) is 62.7 Å². The normalized spacial score (nSPS) is 17.5. The molecule has 2 aliphatic rings. The summed E-state index contributed by atoms with van der Waals surface area (Å²) in [5.74, 6) is -1.82. The van der Waals surface area contributed by atoms with E-state index in [-0.39, 0.29) is 17.1 Å². The number of rotatable bonds is 5. The van der Waals surface area contributed by atoms with Gasteiger partial charge in [-0.2, -0.15) is 0 Å². The lowest BCUT2D eigenvalue weighted by Crippen LogP contribution is -2.50. The number of non-ortho nitro benzene ring substituents is 1. The Morgan fingerprint density at radius 3 is 2.29 bits per heavy atom. The molecule has 0 aliphatic carbocycles. The van der Waals surface area contributed by atoms with E-state index in [1.807, 2.05) is 4.90 Å². The summed E-state index contributed by atoms with van der Waals surface area (Å²) in [5.41, 5.74) is 3.32. The van der Waals surface area contributed by atoms with Crippen LogP contribution in [0.5, 0.6) is 0 Å². The molecule has 0 atom stereocenters. The van der Waals surface area contributed by atoms with Gasteiger partial charge in [-0.1, -0.05) is 23.8 Å². The van der Waals surface area contributed by atoms with Gasteiger partial charge in [0.25, 0.3) is 17.5 Å². The molecule has 4 rings (SSSR count). The van der Waals surface area contributed by atoms with Crippen molar-refractivity contribution >= 4 is 34.9 Å². The van der Waals surface area contributed by atoms with Crippen molar-refractivity contribution in [3.63, 3.8) is 0 Å². The maximum atomic E-state index is 13.3. The molecule has 2 heterocycles. The van der Waals surface area contributed by atoms with Gasteiger partial charge in [0.1, 0.15) is 11.4 Å². The number of hydrogen-bond acceptors (Lipinski definition) is 9. The molecule has 0 unspecified atom stereocenters. The molecule has 2 aliphatic heterocycles. The molecule has 35 heavy (non-hydrogen) atoms. The first-order chi connectivity index (χ1) is 16.8. The van der Waals surface area contributed by atoms with E-state index in [4.69, 9.17) is 4.84 Å². The summed E-state index contributed by atoms with van der Waals surface area (Å²) in [6.45, 7) is 1.61. The van der Waals surface area contributed by atoms with Crippen LogP contribution in [-0.2, 0) is 14.4 Å². The van der Waals surface area contributed by atoms with Gasteiger partial charge in [-0.15, -0.1) is 0 Å². The van der Waals surface area contributed by atoms with Crippen molar-refractivity contribution in [2.45, 2.75) is 0 Å². The van der Waals surface area contributed by atoms with E-state index < -0.39 is 22.7 Å². The smallest absolute Gasteiger partial charge is 0.368 e. The second kappa shape index (κ2) is 10.1. The predicted octanol–water partition coefficient (Wildman–Crippen LogP) is 1.32. The Balaban J connectivity index is 1.53. The summed E-state index contributed by atoms with van der Waals surface area (Å²) in [7, 11) is 1.53. The zero-order valence-corrected chi connectivity index (χ0v) is 18.8. The van der Waals surface area contributed by atoms with Crippen LogP contribution < -0.4 is 10.5 Å². The van der Waals surface area contributed by atoms with Crippen molar-refractivity contribution in [3.8, 4) is 0 Å². The van der Waals surface area contributed by atoms with Gasteiger partial charge in [0.15, 0.2) is 0 Å². The minimum Gasteiger partial charge on any atom is -0.368 e. The number of piperazine rings is 1. The molecular weight excluding hydrogens is 456 g/mol. The Labute approximate surface area is 200 Å². The number of anilines is 1. The molecule has 2 fully saturated rings. The molecule has 1 N–H and O–H groups in total. The quantitative estimate of drug-likeness (QED) is 0.292. The molecule has 0 bridgehead atoms. The maximum Gasteiger partial charge on any atom is 0.376 e. The third-order valence-electron chi connectivity index (χ3n) is 5.57. The van der Waals surface area contributed by atoms with Crippen molar-refractivity contribution in [2.24, 2.45) is 4.99 Å². The zero-order chi connectivity index (χ0) is 24.9. The molecule has 2 aromatic carbocycles. The summed E-state index contributed by atoms with van der Waals surface area (Å²) in [6, 6.07) is 14.5. The minimum absolute atomic E-state index is 0.00411.